The molecule has 1 aliphatic heterocycles. The summed E-state index contributed by atoms with van der Waals surface area (Å²) in [6.07, 6.45) is 12.3. The fourth-order valence-corrected chi connectivity index (χ4v) is 5.10. The van der Waals surface area contributed by atoms with Crippen molar-refractivity contribution in [3.8, 4) is 0 Å². The lowest BCUT2D eigenvalue weighted by Crippen LogP contribution is -2.39. The molecule has 8 nitrogen and oxygen atoms in total. The quantitative estimate of drug-likeness (QED) is 0.561. The Labute approximate surface area is 208 Å². The Kier molecular flexibility index (Phi) is 7.69. The van der Waals surface area contributed by atoms with Crippen molar-refractivity contribution in [1.29, 1.82) is 0 Å². The van der Waals surface area contributed by atoms with E-state index < -0.39 is 5.60 Å². The van der Waals surface area contributed by atoms with Crippen LogP contribution in [0, 0.1) is 0 Å². The van der Waals surface area contributed by atoms with Crippen LogP contribution in [0.4, 0.5) is 10.7 Å². The number of aliphatic hydroxyl groups excluding tert-OH is 1. The van der Waals surface area contributed by atoms with E-state index in [1.807, 2.05) is 27.0 Å². The number of anilines is 1. The van der Waals surface area contributed by atoms with E-state index in [1.54, 1.807) is 4.90 Å². The summed E-state index contributed by atoms with van der Waals surface area (Å²) in [6.45, 7) is 11.2. The molecule has 1 amide bonds. The molecule has 35 heavy (non-hydrogen) atoms. The number of carbonyl (C=O) groups is 1. The van der Waals surface area contributed by atoms with Crippen molar-refractivity contribution < 1.29 is 14.6 Å². The number of hydrogen-bond donors (Lipinski definition) is 2. The maximum Gasteiger partial charge on any atom is 0.410 e. The molecule has 1 aliphatic carbocycles. The summed E-state index contributed by atoms with van der Waals surface area (Å²) in [5.74, 6) is 0.661. The van der Waals surface area contributed by atoms with Gasteiger partial charge < -0.3 is 24.6 Å². The summed E-state index contributed by atoms with van der Waals surface area (Å²) in [4.78, 5) is 23.9. The molecule has 0 bridgehead atoms. The zero-order valence-corrected chi connectivity index (χ0v) is 21.9. The molecule has 1 saturated carbocycles. The van der Waals surface area contributed by atoms with E-state index in [2.05, 4.69) is 41.0 Å². The summed E-state index contributed by atoms with van der Waals surface area (Å²) in [6, 6.07) is 0.623. The Balaban J connectivity index is 1.63. The maximum atomic E-state index is 12.5. The number of rotatable bonds is 6. The molecule has 1 fully saturated rings. The van der Waals surface area contributed by atoms with Crippen LogP contribution in [0.1, 0.15) is 91.2 Å². The van der Waals surface area contributed by atoms with Crippen molar-refractivity contribution >= 4 is 28.6 Å². The summed E-state index contributed by atoms with van der Waals surface area (Å²) in [5, 5.41) is 14.5. The highest BCUT2D eigenvalue weighted by Gasteiger charge is 2.27. The van der Waals surface area contributed by atoms with Gasteiger partial charge >= 0.3 is 6.09 Å². The molecule has 0 radical (unpaired) electrons. The summed E-state index contributed by atoms with van der Waals surface area (Å²) in [5.41, 5.74) is 2.80. The first-order valence-corrected chi connectivity index (χ1v) is 13.1. The predicted molar refractivity (Wildman–Crippen MR) is 139 cm³/mol. The topological polar surface area (TPSA) is 92.5 Å². The fourth-order valence-electron chi connectivity index (χ4n) is 5.10. The molecule has 2 aromatic heterocycles. The zero-order valence-electron chi connectivity index (χ0n) is 21.9. The van der Waals surface area contributed by atoms with E-state index >= 15 is 0 Å². The van der Waals surface area contributed by atoms with E-state index in [1.165, 1.54) is 5.57 Å². The molecule has 4 rings (SSSR count). The molecule has 0 saturated heterocycles. The lowest BCUT2D eigenvalue weighted by molar-refractivity contribution is 0.0270. The molecule has 192 valence electrons. The molecule has 8 heteroatoms. The minimum absolute atomic E-state index is 0.200. The second-order valence-corrected chi connectivity index (χ2v) is 11.1. The molecule has 0 aromatic carbocycles. The van der Waals surface area contributed by atoms with Crippen LogP contribution in [0.3, 0.4) is 0 Å². The second kappa shape index (κ2) is 10.6. The summed E-state index contributed by atoms with van der Waals surface area (Å²) >= 11 is 0. The third kappa shape index (κ3) is 6.15. The SMILES string of the molecule is CCC[C@H](C)Nc1ncc2c(C3=CCN(C(=O)OC(C)(C)C)CC3)cn(C3CCC(O)CC3)c2n1. The van der Waals surface area contributed by atoms with Gasteiger partial charge in [-0.1, -0.05) is 19.4 Å². The van der Waals surface area contributed by atoms with Gasteiger partial charge in [-0.25, -0.2) is 9.78 Å². The smallest absolute Gasteiger partial charge is 0.410 e. The van der Waals surface area contributed by atoms with Crippen LogP contribution in [0.15, 0.2) is 18.5 Å². The van der Waals surface area contributed by atoms with Gasteiger partial charge in [0, 0.05) is 48.5 Å². The van der Waals surface area contributed by atoms with Gasteiger partial charge in [-0.3, -0.25) is 0 Å². The van der Waals surface area contributed by atoms with Crippen LogP contribution in [0.2, 0.25) is 0 Å². The summed E-state index contributed by atoms with van der Waals surface area (Å²) < 4.78 is 7.85. The van der Waals surface area contributed by atoms with Crippen molar-refractivity contribution in [1.82, 2.24) is 19.4 Å². The van der Waals surface area contributed by atoms with E-state index in [4.69, 9.17) is 9.72 Å². The minimum atomic E-state index is -0.500. The number of fused-ring (bicyclic) bond motifs is 1. The number of ether oxygens (including phenoxy) is 1. The van der Waals surface area contributed by atoms with Gasteiger partial charge in [0.2, 0.25) is 5.95 Å². The molecule has 2 N–H and O–H groups in total. The van der Waals surface area contributed by atoms with E-state index in [-0.39, 0.29) is 12.2 Å². The number of nitrogens with one attached hydrogen (secondary N) is 1. The first kappa shape index (κ1) is 25.5. The van der Waals surface area contributed by atoms with E-state index in [0.717, 1.165) is 61.5 Å². The van der Waals surface area contributed by atoms with Crippen molar-refractivity contribution in [3.63, 3.8) is 0 Å². The number of amides is 1. The Morgan fingerprint density at radius 3 is 2.66 bits per heavy atom. The van der Waals surface area contributed by atoms with Crippen molar-refractivity contribution in [2.75, 3.05) is 18.4 Å². The summed E-state index contributed by atoms with van der Waals surface area (Å²) in [7, 11) is 0. The van der Waals surface area contributed by atoms with Crippen molar-refractivity contribution in [3.05, 3.63) is 24.0 Å². The normalized spacial score (nSPS) is 22.1. The van der Waals surface area contributed by atoms with Crippen LogP contribution in [0.5, 0.6) is 0 Å². The molecule has 3 heterocycles. The molecule has 0 unspecified atom stereocenters. The van der Waals surface area contributed by atoms with Gasteiger partial charge in [0.05, 0.1) is 6.10 Å². The molecular weight excluding hydrogens is 442 g/mol. The van der Waals surface area contributed by atoms with Crippen LogP contribution < -0.4 is 5.32 Å². The highest BCUT2D eigenvalue weighted by Crippen LogP contribution is 2.36. The number of nitrogens with zero attached hydrogens (tertiary/aromatic N) is 4. The number of aliphatic hydroxyl groups is 1. The molecule has 0 spiro atoms. The van der Waals surface area contributed by atoms with Gasteiger partial charge in [0.25, 0.3) is 0 Å². The van der Waals surface area contributed by atoms with Gasteiger partial charge in [-0.05, 0) is 71.8 Å². The molecule has 1 atom stereocenters. The van der Waals surface area contributed by atoms with Gasteiger partial charge in [-0.15, -0.1) is 0 Å². The molecule has 2 aromatic rings. The van der Waals surface area contributed by atoms with Crippen molar-refractivity contribution in [2.45, 2.75) is 103 Å². The Hall–Kier alpha value is -2.61. The number of aromatic nitrogens is 3. The van der Waals surface area contributed by atoms with Crippen LogP contribution in [-0.2, 0) is 4.74 Å². The highest BCUT2D eigenvalue weighted by atomic mass is 16.6. The number of hydrogen-bond acceptors (Lipinski definition) is 6. The second-order valence-electron chi connectivity index (χ2n) is 11.1. The average Bonchev–Trinajstić information content (AvgIpc) is 3.17. The fraction of sp³-hybridized carbons (Fsp3) is 0.667. The first-order chi connectivity index (χ1) is 16.6. The largest absolute Gasteiger partial charge is 0.444 e. The monoisotopic (exact) mass is 483 g/mol. The lowest BCUT2D eigenvalue weighted by atomic mass is 9.93. The van der Waals surface area contributed by atoms with Gasteiger partial charge in [-0.2, -0.15) is 4.98 Å². The van der Waals surface area contributed by atoms with Crippen LogP contribution >= 0.6 is 0 Å². The third-order valence-electron chi connectivity index (χ3n) is 6.94. The standard InChI is InChI=1S/C27H41N5O3/c1-6-7-18(2)29-25-28-16-22-23(17-32(24(22)30-25)20-8-10-21(33)11-9-20)19-12-14-31(15-13-19)26(34)35-27(3,4)5/h12,16-18,20-21,33H,6-11,13-15H2,1-5H3,(H,28,29,30)/t18-,20?,21?/m0/s1. The number of carbonyl (C=O) groups excluding carboxylic acids is 1. The predicted octanol–water partition coefficient (Wildman–Crippen LogP) is 5.53. The Morgan fingerprint density at radius 2 is 2.03 bits per heavy atom. The zero-order chi connectivity index (χ0) is 25.2. The van der Waals surface area contributed by atoms with Gasteiger partial charge in [0.15, 0.2) is 0 Å². The average molecular weight is 484 g/mol. The van der Waals surface area contributed by atoms with E-state index in [0.29, 0.717) is 31.1 Å². The van der Waals surface area contributed by atoms with Crippen LogP contribution in [-0.4, -0.2) is 61.5 Å². The Bertz CT molecular complexity index is 1060. The van der Waals surface area contributed by atoms with Crippen LogP contribution in [0.25, 0.3) is 16.6 Å². The maximum absolute atomic E-state index is 12.5. The van der Waals surface area contributed by atoms with E-state index in [9.17, 15) is 9.90 Å². The lowest BCUT2D eigenvalue weighted by Gasteiger charge is -2.29. The first-order valence-electron chi connectivity index (χ1n) is 13.1. The molecule has 2 aliphatic rings. The minimum Gasteiger partial charge on any atom is -0.444 e. The molecular formula is C27H41N5O3. The Morgan fingerprint density at radius 1 is 1.29 bits per heavy atom. The van der Waals surface area contributed by atoms with Gasteiger partial charge in [0.1, 0.15) is 11.2 Å². The highest BCUT2D eigenvalue weighted by molar-refractivity contribution is 5.91. The third-order valence-corrected chi connectivity index (χ3v) is 6.94. The van der Waals surface area contributed by atoms with Crippen molar-refractivity contribution in [2.24, 2.45) is 0 Å².